The molecule has 1 saturated heterocycles. The van der Waals surface area contributed by atoms with Gasteiger partial charge in [0.05, 0.1) is 19.1 Å². The summed E-state index contributed by atoms with van der Waals surface area (Å²) in [5.74, 6) is -1.14. The summed E-state index contributed by atoms with van der Waals surface area (Å²) in [6.45, 7) is 8.31. The lowest BCUT2D eigenvalue weighted by atomic mass is 9.74. The van der Waals surface area contributed by atoms with E-state index in [1.165, 1.54) is 6.08 Å². The summed E-state index contributed by atoms with van der Waals surface area (Å²) >= 11 is 0. The highest BCUT2D eigenvalue weighted by atomic mass is 16.6. The van der Waals surface area contributed by atoms with Gasteiger partial charge < -0.3 is 14.3 Å². The number of Topliss-reactive ketones (excluding diaryl/α,β-unsaturated/α-hetero) is 1. The van der Waals surface area contributed by atoms with Gasteiger partial charge in [0.25, 0.3) is 0 Å². The Hall–Kier alpha value is -2.18. The zero-order valence-corrected chi connectivity index (χ0v) is 14.0. The van der Waals surface area contributed by atoms with Gasteiger partial charge in [-0.1, -0.05) is 6.08 Å². The average molecular weight is 325 g/mol. The summed E-state index contributed by atoms with van der Waals surface area (Å²) in [6.07, 6.45) is 1.12. The van der Waals surface area contributed by atoms with Crippen molar-refractivity contribution in [2.24, 2.45) is 5.41 Å². The maximum atomic E-state index is 12.5. The molecule has 0 aliphatic carbocycles. The van der Waals surface area contributed by atoms with E-state index >= 15 is 0 Å². The Balaban J connectivity index is 3.30. The van der Waals surface area contributed by atoms with E-state index in [0.717, 1.165) is 12.0 Å². The molecule has 128 valence electrons. The Morgan fingerprint density at radius 2 is 2.00 bits per heavy atom. The van der Waals surface area contributed by atoms with Crippen molar-refractivity contribution >= 4 is 24.1 Å². The minimum Gasteiger partial charge on any atom is -0.467 e. The molecular formula is C16H23NO6. The number of esters is 1. The van der Waals surface area contributed by atoms with Gasteiger partial charge in [-0.15, -0.1) is 6.58 Å². The van der Waals surface area contributed by atoms with Crippen LogP contribution in [0.25, 0.3) is 0 Å². The molecule has 0 spiro atoms. The first-order valence-electron chi connectivity index (χ1n) is 7.28. The van der Waals surface area contributed by atoms with E-state index in [9.17, 15) is 19.2 Å². The van der Waals surface area contributed by atoms with Crippen LogP contribution in [0.5, 0.6) is 0 Å². The zero-order valence-electron chi connectivity index (χ0n) is 14.0. The van der Waals surface area contributed by atoms with Crippen molar-refractivity contribution < 1.29 is 28.7 Å². The fourth-order valence-corrected chi connectivity index (χ4v) is 2.75. The van der Waals surface area contributed by atoms with Crippen molar-refractivity contribution in [3.8, 4) is 0 Å². The highest BCUT2D eigenvalue weighted by Crippen LogP contribution is 2.41. The number of hydrogen-bond acceptors (Lipinski definition) is 6. The monoisotopic (exact) mass is 325 g/mol. The summed E-state index contributed by atoms with van der Waals surface area (Å²) in [5, 5.41) is 0. The molecule has 0 radical (unpaired) electrons. The number of hydrogen-bond donors (Lipinski definition) is 0. The number of ether oxygens (including phenoxy) is 2. The lowest BCUT2D eigenvalue weighted by molar-refractivity contribution is -0.151. The standard InChI is InChI=1S/C16H23NO6/c1-6-7-16(8-9-18)11(19)10-17(12(16)13(20)22-5)14(21)23-15(2,3)4/h6,9,12H,1,7-8,10H2,2-5H3/t12-,16?/m1/s1. The van der Waals surface area contributed by atoms with Gasteiger partial charge in [0.15, 0.2) is 5.78 Å². The van der Waals surface area contributed by atoms with Crippen LogP contribution in [-0.4, -0.2) is 54.3 Å². The normalized spacial score (nSPS) is 24.3. The van der Waals surface area contributed by atoms with Crippen LogP contribution in [0.15, 0.2) is 12.7 Å². The van der Waals surface area contributed by atoms with Crippen molar-refractivity contribution in [2.45, 2.75) is 45.3 Å². The van der Waals surface area contributed by atoms with Crippen molar-refractivity contribution in [3.05, 3.63) is 12.7 Å². The zero-order chi connectivity index (χ0) is 17.8. The maximum Gasteiger partial charge on any atom is 0.411 e. The second-order valence-electron chi connectivity index (χ2n) is 6.48. The van der Waals surface area contributed by atoms with Crippen LogP contribution in [0.3, 0.4) is 0 Å². The quantitative estimate of drug-likeness (QED) is 0.432. The van der Waals surface area contributed by atoms with Crippen molar-refractivity contribution in [2.75, 3.05) is 13.7 Å². The van der Waals surface area contributed by atoms with E-state index < -0.39 is 29.1 Å². The van der Waals surface area contributed by atoms with Crippen LogP contribution in [0.1, 0.15) is 33.6 Å². The number of likely N-dealkylation sites (tertiary alicyclic amines) is 1. The Labute approximate surface area is 135 Å². The van der Waals surface area contributed by atoms with Crippen LogP contribution in [0, 0.1) is 5.41 Å². The van der Waals surface area contributed by atoms with Crippen molar-refractivity contribution in [1.29, 1.82) is 0 Å². The van der Waals surface area contributed by atoms with Gasteiger partial charge in [0.1, 0.15) is 17.9 Å². The molecule has 1 aliphatic heterocycles. The van der Waals surface area contributed by atoms with Crippen LogP contribution < -0.4 is 0 Å². The molecule has 1 amide bonds. The summed E-state index contributed by atoms with van der Waals surface area (Å²) in [7, 11) is 1.16. The summed E-state index contributed by atoms with van der Waals surface area (Å²) in [4.78, 5) is 49.2. The Morgan fingerprint density at radius 1 is 1.39 bits per heavy atom. The number of ketones is 1. The van der Waals surface area contributed by atoms with E-state index in [-0.39, 0.29) is 25.2 Å². The van der Waals surface area contributed by atoms with Gasteiger partial charge in [-0.05, 0) is 27.2 Å². The third-order valence-electron chi connectivity index (χ3n) is 3.71. The number of aldehydes is 1. The number of methoxy groups -OCH3 is 1. The van der Waals surface area contributed by atoms with Gasteiger partial charge >= 0.3 is 12.1 Å². The van der Waals surface area contributed by atoms with E-state index in [0.29, 0.717) is 6.29 Å². The Kier molecular flexibility index (Phi) is 5.69. The predicted molar refractivity (Wildman–Crippen MR) is 81.7 cm³/mol. The third kappa shape index (κ3) is 3.78. The SMILES string of the molecule is C=CCC1(CC=O)C(=O)CN(C(=O)OC(C)(C)C)[C@@H]1C(=O)OC. The molecule has 0 N–H and O–H groups in total. The highest BCUT2D eigenvalue weighted by Gasteiger charge is 2.59. The van der Waals surface area contributed by atoms with Crippen LogP contribution >= 0.6 is 0 Å². The van der Waals surface area contributed by atoms with Crippen LogP contribution in [0.2, 0.25) is 0 Å². The molecule has 1 aliphatic rings. The average Bonchev–Trinajstić information content (AvgIpc) is 2.71. The molecular weight excluding hydrogens is 302 g/mol. The summed E-state index contributed by atoms with van der Waals surface area (Å²) < 4.78 is 10.0. The smallest absolute Gasteiger partial charge is 0.411 e. The fraction of sp³-hybridized carbons (Fsp3) is 0.625. The minimum atomic E-state index is -1.35. The van der Waals surface area contributed by atoms with Gasteiger partial charge in [-0.3, -0.25) is 9.69 Å². The van der Waals surface area contributed by atoms with Crippen molar-refractivity contribution in [1.82, 2.24) is 4.90 Å². The first kappa shape index (κ1) is 18.9. The number of allylic oxidation sites excluding steroid dienone is 1. The molecule has 0 aromatic carbocycles. The second kappa shape index (κ2) is 6.93. The van der Waals surface area contributed by atoms with Crippen molar-refractivity contribution in [3.63, 3.8) is 0 Å². The van der Waals surface area contributed by atoms with Crippen LogP contribution in [0.4, 0.5) is 4.79 Å². The second-order valence-corrected chi connectivity index (χ2v) is 6.48. The molecule has 0 bridgehead atoms. The number of amides is 1. The largest absolute Gasteiger partial charge is 0.467 e. The molecule has 0 saturated carbocycles. The summed E-state index contributed by atoms with van der Waals surface area (Å²) in [5.41, 5.74) is -2.14. The first-order valence-corrected chi connectivity index (χ1v) is 7.28. The molecule has 1 unspecified atom stereocenters. The topological polar surface area (TPSA) is 90.0 Å². The van der Waals surface area contributed by atoms with Crippen LogP contribution in [-0.2, 0) is 23.9 Å². The lowest BCUT2D eigenvalue weighted by Crippen LogP contribution is -2.50. The molecule has 7 heteroatoms. The number of carbonyl (C=O) groups excluding carboxylic acids is 4. The molecule has 0 aromatic heterocycles. The molecule has 7 nitrogen and oxygen atoms in total. The van der Waals surface area contributed by atoms with Gasteiger partial charge in [-0.2, -0.15) is 0 Å². The predicted octanol–water partition coefficient (Wildman–Crippen LogP) is 1.50. The molecule has 1 heterocycles. The van der Waals surface area contributed by atoms with E-state index in [1.807, 2.05) is 0 Å². The molecule has 1 rings (SSSR count). The van der Waals surface area contributed by atoms with Gasteiger partial charge in [0.2, 0.25) is 0 Å². The number of nitrogens with zero attached hydrogens (tertiary/aromatic N) is 1. The van der Waals surface area contributed by atoms with E-state index in [4.69, 9.17) is 9.47 Å². The van der Waals surface area contributed by atoms with Gasteiger partial charge in [-0.25, -0.2) is 9.59 Å². The molecule has 1 fully saturated rings. The number of rotatable bonds is 5. The van der Waals surface area contributed by atoms with E-state index in [2.05, 4.69) is 6.58 Å². The Bertz CT molecular complexity index is 509. The summed E-state index contributed by atoms with van der Waals surface area (Å²) in [6, 6.07) is -1.21. The third-order valence-corrected chi connectivity index (χ3v) is 3.71. The molecule has 2 atom stereocenters. The lowest BCUT2D eigenvalue weighted by Gasteiger charge is -2.33. The minimum absolute atomic E-state index is 0.0869. The number of carbonyl (C=O) groups is 4. The molecule has 0 aromatic rings. The molecule has 23 heavy (non-hydrogen) atoms. The Morgan fingerprint density at radius 3 is 2.43 bits per heavy atom. The maximum absolute atomic E-state index is 12.5. The van der Waals surface area contributed by atoms with Gasteiger partial charge in [0, 0.05) is 6.42 Å². The highest BCUT2D eigenvalue weighted by molar-refractivity contribution is 6.01. The fourth-order valence-electron chi connectivity index (χ4n) is 2.75. The van der Waals surface area contributed by atoms with E-state index in [1.54, 1.807) is 20.8 Å². The first-order chi connectivity index (χ1) is 10.6.